The van der Waals surface area contributed by atoms with E-state index in [2.05, 4.69) is 9.80 Å². The van der Waals surface area contributed by atoms with Gasteiger partial charge >= 0.3 is 0 Å². The number of halogens is 1. The Kier molecular flexibility index (Phi) is 4.06. The molecule has 0 aliphatic carbocycles. The molecule has 2 saturated heterocycles. The molecule has 2 heterocycles. The van der Waals surface area contributed by atoms with Gasteiger partial charge in [-0.15, -0.1) is 0 Å². The van der Waals surface area contributed by atoms with Gasteiger partial charge in [0.1, 0.15) is 5.82 Å². The molecule has 2 atom stereocenters. The van der Waals surface area contributed by atoms with Crippen LogP contribution in [0.5, 0.6) is 0 Å². The molecule has 2 aliphatic heterocycles. The van der Waals surface area contributed by atoms with Crippen molar-refractivity contribution in [2.45, 2.75) is 38.4 Å². The Labute approximate surface area is 120 Å². The Morgan fingerprint density at radius 3 is 2.95 bits per heavy atom. The van der Waals surface area contributed by atoms with Gasteiger partial charge in [-0.25, -0.2) is 4.39 Å². The summed E-state index contributed by atoms with van der Waals surface area (Å²) in [6, 6.07) is 6.02. The number of nitrogens with two attached hydrogens (primary N) is 1. The first-order valence-electron chi connectivity index (χ1n) is 7.64. The maximum absolute atomic E-state index is 14.1. The van der Waals surface area contributed by atoms with E-state index in [-0.39, 0.29) is 11.9 Å². The Morgan fingerprint density at radius 2 is 2.20 bits per heavy atom. The maximum atomic E-state index is 14.1. The molecule has 2 aliphatic rings. The third-order valence-electron chi connectivity index (χ3n) is 4.67. The molecule has 2 N–H and O–H groups in total. The topological polar surface area (TPSA) is 32.5 Å². The fraction of sp³-hybridized carbons (Fsp3) is 0.625. The van der Waals surface area contributed by atoms with Crippen molar-refractivity contribution in [3.8, 4) is 0 Å². The van der Waals surface area contributed by atoms with Crippen molar-refractivity contribution in [1.29, 1.82) is 0 Å². The molecule has 20 heavy (non-hydrogen) atoms. The van der Waals surface area contributed by atoms with Crippen LogP contribution in [-0.4, -0.2) is 42.0 Å². The predicted octanol–water partition coefficient (Wildman–Crippen LogP) is 2.13. The second kappa shape index (κ2) is 5.80. The molecular weight excluding hydrogens is 253 g/mol. The summed E-state index contributed by atoms with van der Waals surface area (Å²) in [5, 5.41) is 0. The van der Waals surface area contributed by atoms with Crippen LogP contribution in [0.2, 0.25) is 0 Å². The summed E-state index contributed by atoms with van der Waals surface area (Å²) in [6.45, 7) is 7.10. The number of piperazine rings is 1. The SMILES string of the molecule is CC(N)c1ccc(CN2CCN3CCCC3C2)c(F)c1. The highest BCUT2D eigenvalue weighted by Crippen LogP contribution is 2.23. The van der Waals surface area contributed by atoms with E-state index in [0.29, 0.717) is 6.04 Å². The summed E-state index contributed by atoms with van der Waals surface area (Å²) < 4.78 is 14.1. The lowest BCUT2D eigenvalue weighted by molar-refractivity contribution is 0.0985. The van der Waals surface area contributed by atoms with Crippen LogP contribution < -0.4 is 5.73 Å². The summed E-state index contributed by atoms with van der Waals surface area (Å²) >= 11 is 0. The number of benzene rings is 1. The molecule has 0 bridgehead atoms. The van der Waals surface area contributed by atoms with Gasteiger partial charge in [0.2, 0.25) is 0 Å². The van der Waals surface area contributed by atoms with Gasteiger partial charge in [0.15, 0.2) is 0 Å². The van der Waals surface area contributed by atoms with Crippen molar-refractivity contribution in [2.75, 3.05) is 26.2 Å². The molecule has 0 amide bonds. The zero-order chi connectivity index (χ0) is 14.1. The van der Waals surface area contributed by atoms with Crippen molar-refractivity contribution < 1.29 is 4.39 Å². The maximum Gasteiger partial charge on any atom is 0.128 e. The summed E-state index contributed by atoms with van der Waals surface area (Å²) in [6.07, 6.45) is 2.61. The largest absolute Gasteiger partial charge is 0.324 e. The van der Waals surface area contributed by atoms with Crippen molar-refractivity contribution in [3.63, 3.8) is 0 Å². The fourth-order valence-corrected chi connectivity index (χ4v) is 3.42. The van der Waals surface area contributed by atoms with Crippen LogP contribution in [0.4, 0.5) is 4.39 Å². The highest BCUT2D eigenvalue weighted by atomic mass is 19.1. The zero-order valence-corrected chi connectivity index (χ0v) is 12.2. The van der Waals surface area contributed by atoms with Gasteiger partial charge in [0, 0.05) is 43.8 Å². The highest BCUT2D eigenvalue weighted by molar-refractivity contribution is 5.26. The fourth-order valence-electron chi connectivity index (χ4n) is 3.42. The second-order valence-electron chi connectivity index (χ2n) is 6.21. The number of nitrogens with zero attached hydrogens (tertiary/aromatic N) is 2. The van der Waals surface area contributed by atoms with Crippen LogP contribution >= 0.6 is 0 Å². The van der Waals surface area contributed by atoms with Gasteiger partial charge < -0.3 is 5.73 Å². The summed E-state index contributed by atoms with van der Waals surface area (Å²) in [5.74, 6) is -0.117. The van der Waals surface area contributed by atoms with Gasteiger partial charge in [-0.2, -0.15) is 0 Å². The van der Waals surface area contributed by atoms with E-state index in [1.165, 1.54) is 19.4 Å². The first-order chi connectivity index (χ1) is 9.63. The minimum Gasteiger partial charge on any atom is -0.324 e. The molecule has 0 spiro atoms. The van der Waals surface area contributed by atoms with Gasteiger partial charge in [0.25, 0.3) is 0 Å². The van der Waals surface area contributed by atoms with Crippen LogP contribution in [0.25, 0.3) is 0 Å². The van der Waals surface area contributed by atoms with E-state index in [9.17, 15) is 4.39 Å². The van der Waals surface area contributed by atoms with E-state index in [1.54, 1.807) is 6.07 Å². The minimum atomic E-state index is -0.117. The van der Waals surface area contributed by atoms with E-state index in [1.807, 2.05) is 19.1 Å². The molecule has 3 nitrogen and oxygen atoms in total. The molecule has 2 unspecified atom stereocenters. The zero-order valence-electron chi connectivity index (χ0n) is 12.2. The molecule has 2 fully saturated rings. The summed E-state index contributed by atoms with van der Waals surface area (Å²) in [7, 11) is 0. The van der Waals surface area contributed by atoms with Gasteiger partial charge in [0.05, 0.1) is 0 Å². The number of hydrogen-bond acceptors (Lipinski definition) is 3. The Bertz CT molecular complexity index is 475. The monoisotopic (exact) mass is 277 g/mol. The lowest BCUT2D eigenvalue weighted by Crippen LogP contribution is -2.49. The molecular formula is C16H24FN3. The van der Waals surface area contributed by atoms with Crippen LogP contribution in [0.3, 0.4) is 0 Å². The normalized spacial score (nSPS) is 25.6. The molecule has 0 saturated carbocycles. The molecule has 0 aromatic heterocycles. The van der Waals surface area contributed by atoms with E-state index in [4.69, 9.17) is 5.73 Å². The average Bonchev–Trinajstić information content (AvgIpc) is 2.88. The minimum absolute atomic E-state index is 0.111. The van der Waals surface area contributed by atoms with Crippen LogP contribution in [0.1, 0.15) is 36.9 Å². The summed E-state index contributed by atoms with van der Waals surface area (Å²) in [4.78, 5) is 4.96. The third kappa shape index (κ3) is 2.87. The molecule has 3 rings (SSSR count). The van der Waals surface area contributed by atoms with E-state index < -0.39 is 0 Å². The average molecular weight is 277 g/mol. The molecule has 1 aromatic carbocycles. The predicted molar refractivity (Wildman–Crippen MR) is 78.9 cm³/mol. The molecule has 1 aromatic rings. The number of rotatable bonds is 3. The van der Waals surface area contributed by atoms with Crippen molar-refractivity contribution in [1.82, 2.24) is 9.80 Å². The molecule has 4 heteroatoms. The quantitative estimate of drug-likeness (QED) is 0.918. The standard InChI is InChI=1S/C16H24FN3/c1-12(18)13-4-5-14(16(17)9-13)10-19-7-8-20-6-2-3-15(20)11-19/h4-5,9,12,15H,2-3,6-8,10-11,18H2,1H3. The van der Waals surface area contributed by atoms with Gasteiger partial charge in [-0.3, -0.25) is 9.80 Å². The molecule has 110 valence electrons. The van der Waals surface area contributed by atoms with E-state index in [0.717, 1.165) is 37.3 Å². The third-order valence-corrected chi connectivity index (χ3v) is 4.67. The number of fused-ring (bicyclic) bond motifs is 1. The smallest absolute Gasteiger partial charge is 0.128 e. The van der Waals surface area contributed by atoms with Crippen LogP contribution in [0.15, 0.2) is 18.2 Å². The summed E-state index contributed by atoms with van der Waals surface area (Å²) in [5.41, 5.74) is 7.45. The first kappa shape index (κ1) is 14.0. The Balaban J connectivity index is 1.65. The van der Waals surface area contributed by atoms with Crippen LogP contribution in [0, 0.1) is 5.82 Å². The van der Waals surface area contributed by atoms with Crippen LogP contribution in [-0.2, 0) is 6.54 Å². The molecule has 0 radical (unpaired) electrons. The highest BCUT2D eigenvalue weighted by Gasteiger charge is 2.30. The van der Waals surface area contributed by atoms with Crippen molar-refractivity contribution in [3.05, 3.63) is 35.1 Å². The van der Waals surface area contributed by atoms with Crippen molar-refractivity contribution in [2.24, 2.45) is 5.73 Å². The lowest BCUT2D eigenvalue weighted by Gasteiger charge is -2.37. The second-order valence-corrected chi connectivity index (χ2v) is 6.21. The Hall–Kier alpha value is -0.970. The Morgan fingerprint density at radius 1 is 1.35 bits per heavy atom. The van der Waals surface area contributed by atoms with Crippen molar-refractivity contribution >= 4 is 0 Å². The van der Waals surface area contributed by atoms with E-state index >= 15 is 0 Å². The van der Waals surface area contributed by atoms with Gasteiger partial charge in [-0.05, 0) is 37.9 Å². The van der Waals surface area contributed by atoms with Gasteiger partial charge in [-0.1, -0.05) is 12.1 Å². The first-order valence-corrected chi connectivity index (χ1v) is 7.64. The number of hydrogen-bond donors (Lipinski definition) is 1. The lowest BCUT2D eigenvalue weighted by atomic mass is 10.0.